The summed E-state index contributed by atoms with van der Waals surface area (Å²) in [5.41, 5.74) is 6.13. The minimum atomic E-state index is -3.16. The van der Waals surface area contributed by atoms with Gasteiger partial charge in [-0.05, 0) is 30.3 Å². The highest BCUT2D eigenvalue weighted by atomic mass is 32.2. The highest BCUT2D eigenvalue weighted by molar-refractivity contribution is 7.93. The minimum Gasteiger partial charge on any atom is -0.399 e. The van der Waals surface area contributed by atoms with E-state index in [1.807, 2.05) is 0 Å². The Bertz CT molecular complexity index is 624. The van der Waals surface area contributed by atoms with E-state index in [0.717, 1.165) is 0 Å². The Morgan fingerprint density at radius 1 is 1.22 bits per heavy atom. The van der Waals surface area contributed by atoms with E-state index in [0.29, 0.717) is 10.6 Å². The third kappa shape index (κ3) is 2.25. The highest BCUT2D eigenvalue weighted by Gasteiger charge is 2.18. The molecule has 0 saturated heterocycles. The van der Waals surface area contributed by atoms with Crippen molar-refractivity contribution in [2.24, 2.45) is 0 Å². The molecular weight excluding hydrogens is 250 g/mol. The van der Waals surface area contributed by atoms with Crippen LogP contribution in [0.15, 0.2) is 47.6 Å². The molecule has 1 atom stereocenters. The first-order valence-corrected chi connectivity index (χ1v) is 6.68. The largest absolute Gasteiger partial charge is 0.399 e. The van der Waals surface area contributed by atoms with Crippen molar-refractivity contribution in [2.75, 3.05) is 17.1 Å². The van der Waals surface area contributed by atoms with Crippen molar-refractivity contribution >= 4 is 21.6 Å². The number of hydrogen-bond donors (Lipinski definition) is 2. The Kier molecular flexibility index (Phi) is 3.15. The van der Waals surface area contributed by atoms with Crippen LogP contribution in [0.4, 0.5) is 11.6 Å². The first-order chi connectivity index (χ1) is 8.51. The number of nitrogens with one attached hydrogen (secondary N) is 1. The molecule has 0 aliphatic carbocycles. The SMILES string of the molecule is CN(c1ncccn1)S(=N)(=O)c1ccc(N)cc1. The van der Waals surface area contributed by atoms with Crippen LogP contribution in [0.2, 0.25) is 0 Å². The lowest BCUT2D eigenvalue weighted by molar-refractivity contribution is 0.672. The molecule has 1 unspecified atom stereocenters. The summed E-state index contributed by atoms with van der Waals surface area (Å²) in [4.78, 5) is 8.33. The molecule has 1 heterocycles. The number of nitrogens with two attached hydrogens (primary N) is 1. The molecule has 0 spiro atoms. The van der Waals surface area contributed by atoms with Gasteiger partial charge < -0.3 is 5.73 Å². The smallest absolute Gasteiger partial charge is 0.237 e. The summed E-state index contributed by atoms with van der Waals surface area (Å²) in [5, 5.41) is 0. The van der Waals surface area contributed by atoms with Gasteiger partial charge in [0, 0.05) is 25.1 Å². The lowest BCUT2D eigenvalue weighted by atomic mass is 10.3. The van der Waals surface area contributed by atoms with Gasteiger partial charge in [0.25, 0.3) is 0 Å². The highest BCUT2D eigenvalue weighted by Crippen LogP contribution is 2.19. The van der Waals surface area contributed by atoms with Crippen LogP contribution in [-0.4, -0.2) is 21.2 Å². The van der Waals surface area contributed by atoms with Gasteiger partial charge >= 0.3 is 0 Å². The van der Waals surface area contributed by atoms with Crippen molar-refractivity contribution in [3.05, 3.63) is 42.7 Å². The number of aromatic nitrogens is 2. The van der Waals surface area contributed by atoms with Gasteiger partial charge in [-0.1, -0.05) is 0 Å². The quantitative estimate of drug-likeness (QED) is 0.820. The van der Waals surface area contributed by atoms with Crippen molar-refractivity contribution in [2.45, 2.75) is 4.90 Å². The molecule has 2 aromatic rings. The molecular formula is C11H13N5OS. The number of hydrogen-bond acceptors (Lipinski definition) is 5. The summed E-state index contributed by atoms with van der Waals surface area (Å²) in [6, 6.07) is 8.03. The topological polar surface area (TPSA) is 96.0 Å². The van der Waals surface area contributed by atoms with E-state index < -0.39 is 9.92 Å². The zero-order valence-corrected chi connectivity index (χ0v) is 10.6. The number of nitrogen functional groups attached to an aromatic ring is 1. The summed E-state index contributed by atoms with van der Waals surface area (Å²) in [6.45, 7) is 0. The monoisotopic (exact) mass is 263 g/mol. The minimum absolute atomic E-state index is 0.245. The third-order valence-corrected chi connectivity index (χ3v) is 4.26. The van der Waals surface area contributed by atoms with E-state index in [1.165, 1.54) is 23.7 Å². The zero-order chi connectivity index (χ0) is 13.2. The number of benzene rings is 1. The Morgan fingerprint density at radius 3 is 2.33 bits per heavy atom. The van der Waals surface area contributed by atoms with Gasteiger partial charge in [0.05, 0.1) is 4.90 Å². The summed E-state index contributed by atoms with van der Waals surface area (Å²) in [6.07, 6.45) is 3.08. The molecule has 0 saturated carbocycles. The number of anilines is 2. The molecule has 0 aliphatic rings. The second-order valence-corrected chi connectivity index (χ2v) is 5.71. The van der Waals surface area contributed by atoms with Crippen LogP contribution < -0.4 is 10.0 Å². The standard InChI is InChI=1S/C11H13N5OS/c1-16(11-14-7-2-8-15-11)18(13,17)10-5-3-9(12)4-6-10/h2-8,13H,12H2,1H3. The van der Waals surface area contributed by atoms with Gasteiger partial charge in [-0.15, -0.1) is 0 Å². The second-order valence-electron chi connectivity index (χ2n) is 3.64. The van der Waals surface area contributed by atoms with Gasteiger partial charge in [0.15, 0.2) is 9.92 Å². The summed E-state index contributed by atoms with van der Waals surface area (Å²) >= 11 is 0. The summed E-state index contributed by atoms with van der Waals surface area (Å²) < 4.78 is 21.7. The average Bonchev–Trinajstić information content (AvgIpc) is 2.39. The predicted octanol–water partition coefficient (Wildman–Crippen LogP) is 1.52. The Hall–Kier alpha value is -2.15. The van der Waals surface area contributed by atoms with Crippen LogP contribution in [0.5, 0.6) is 0 Å². The van der Waals surface area contributed by atoms with E-state index in [4.69, 9.17) is 10.5 Å². The molecule has 0 fully saturated rings. The van der Waals surface area contributed by atoms with E-state index in [1.54, 1.807) is 30.3 Å². The number of nitrogens with zero attached hydrogens (tertiary/aromatic N) is 3. The maximum absolute atomic E-state index is 12.5. The van der Waals surface area contributed by atoms with Crippen LogP contribution in [0.3, 0.4) is 0 Å². The molecule has 2 rings (SSSR count). The predicted molar refractivity (Wildman–Crippen MR) is 70.4 cm³/mol. The molecule has 1 aromatic carbocycles. The normalized spacial score (nSPS) is 13.8. The molecule has 3 N–H and O–H groups in total. The van der Waals surface area contributed by atoms with Crippen LogP contribution >= 0.6 is 0 Å². The maximum atomic E-state index is 12.5. The van der Waals surface area contributed by atoms with Gasteiger partial charge in [0.1, 0.15) is 0 Å². The van der Waals surface area contributed by atoms with Crippen LogP contribution in [-0.2, 0) is 9.92 Å². The maximum Gasteiger partial charge on any atom is 0.237 e. The summed E-state index contributed by atoms with van der Waals surface area (Å²) in [7, 11) is -1.63. The van der Waals surface area contributed by atoms with Crippen molar-refractivity contribution < 1.29 is 4.21 Å². The van der Waals surface area contributed by atoms with Crippen molar-refractivity contribution in [3.63, 3.8) is 0 Å². The van der Waals surface area contributed by atoms with Crippen molar-refractivity contribution in [3.8, 4) is 0 Å². The molecule has 18 heavy (non-hydrogen) atoms. The fourth-order valence-electron chi connectivity index (χ4n) is 1.38. The molecule has 6 nitrogen and oxygen atoms in total. The third-order valence-electron chi connectivity index (χ3n) is 2.42. The molecule has 7 heteroatoms. The molecule has 0 amide bonds. The van der Waals surface area contributed by atoms with Gasteiger partial charge in [0.2, 0.25) is 5.95 Å². The molecule has 0 radical (unpaired) electrons. The van der Waals surface area contributed by atoms with Gasteiger partial charge in [-0.3, -0.25) is 4.31 Å². The van der Waals surface area contributed by atoms with Gasteiger partial charge in [-0.25, -0.2) is 19.0 Å². The van der Waals surface area contributed by atoms with Crippen molar-refractivity contribution in [1.29, 1.82) is 4.78 Å². The second kappa shape index (κ2) is 4.61. The molecule has 0 bridgehead atoms. The number of rotatable bonds is 3. The van der Waals surface area contributed by atoms with Crippen LogP contribution in [0, 0.1) is 4.78 Å². The van der Waals surface area contributed by atoms with Crippen LogP contribution in [0.1, 0.15) is 0 Å². The summed E-state index contributed by atoms with van der Waals surface area (Å²) in [5.74, 6) is 0.245. The van der Waals surface area contributed by atoms with Gasteiger partial charge in [-0.2, -0.15) is 0 Å². The van der Waals surface area contributed by atoms with E-state index >= 15 is 0 Å². The van der Waals surface area contributed by atoms with E-state index in [2.05, 4.69) is 9.97 Å². The molecule has 94 valence electrons. The zero-order valence-electron chi connectivity index (χ0n) is 9.78. The van der Waals surface area contributed by atoms with Crippen molar-refractivity contribution in [1.82, 2.24) is 9.97 Å². The Morgan fingerprint density at radius 2 is 1.78 bits per heavy atom. The molecule has 0 aliphatic heterocycles. The Labute approximate surface area is 106 Å². The average molecular weight is 263 g/mol. The van der Waals surface area contributed by atoms with E-state index in [9.17, 15) is 4.21 Å². The first-order valence-electron chi connectivity index (χ1n) is 5.17. The van der Waals surface area contributed by atoms with Crippen LogP contribution in [0.25, 0.3) is 0 Å². The lowest BCUT2D eigenvalue weighted by Gasteiger charge is -2.19. The Balaban J connectivity index is 2.40. The fraction of sp³-hybridized carbons (Fsp3) is 0.0909. The molecule has 1 aromatic heterocycles. The lowest BCUT2D eigenvalue weighted by Crippen LogP contribution is -2.27. The first kappa shape index (κ1) is 12.3. The van der Waals surface area contributed by atoms with E-state index in [-0.39, 0.29) is 5.95 Å². The fourth-order valence-corrected chi connectivity index (χ4v) is 2.52.